The number of rotatable bonds is 7. The summed E-state index contributed by atoms with van der Waals surface area (Å²) in [6.45, 7) is 13.5. The molecule has 1 amide bonds. The molecule has 1 unspecified atom stereocenters. The molecule has 170 valence electrons. The predicted octanol–water partition coefficient (Wildman–Crippen LogP) is 7.34. The number of alkyl halides is 3. The monoisotopic (exact) mass is 485 g/mol. The number of amides is 1. The first kappa shape index (κ1) is 28.8. The van der Waals surface area contributed by atoms with Crippen molar-refractivity contribution in [3.05, 3.63) is 66.1 Å². The molecule has 0 aliphatic rings. The molecule has 1 atom stereocenters. The summed E-state index contributed by atoms with van der Waals surface area (Å²) in [6, 6.07) is 9.43. The van der Waals surface area contributed by atoms with Crippen LogP contribution in [0.15, 0.2) is 53.5 Å². The Balaban J connectivity index is 0.00000212. The molecule has 0 aliphatic carbocycles. The number of aromatic nitrogens is 1. The number of carbonyl (C=O) groups is 1. The summed E-state index contributed by atoms with van der Waals surface area (Å²) >= 11 is 17.9. The Hall–Kier alpha value is -2.21. The van der Waals surface area contributed by atoms with Gasteiger partial charge in [-0.25, -0.2) is 0 Å². The maximum Gasteiger partial charge on any atom is 0.297 e. The Morgan fingerprint density at radius 2 is 1.74 bits per heavy atom. The Labute approximate surface area is 200 Å². The number of carbonyl (C=O) groups excluding carboxylic acids is 1. The summed E-state index contributed by atoms with van der Waals surface area (Å²) in [7, 11) is 0. The predicted molar refractivity (Wildman–Crippen MR) is 135 cm³/mol. The lowest BCUT2D eigenvalue weighted by atomic mass is 10.2. The van der Waals surface area contributed by atoms with Gasteiger partial charge in [0.1, 0.15) is 5.69 Å². The van der Waals surface area contributed by atoms with Gasteiger partial charge in [-0.05, 0) is 30.7 Å². The molecule has 0 fully saturated rings. The molecule has 0 aliphatic heterocycles. The fraction of sp³-hybridized carbons (Fsp3) is 0.304. The molecule has 31 heavy (non-hydrogen) atoms. The molecule has 1 aromatic heterocycles. The molecule has 8 heteroatoms. The standard InChI is InChI=1S/C19H18Cl3N3O2.2C2H6/c1-3-8-14-15(4-2)27-18(23-14)25-17(19(20,21)22)24-16(26)12-11-13-9-6-5-7-10-13;2*1-2/h3-12,17H,2H2,1H3,(H,23,25)(H,24,26);2*1-2H3/b8-3-,12-11+;;. The highest BCUT2D eigenvalue weighted by molar-refractivity contribution is 6.68. The number of allylic oxidation sites excluding steroid dienone is 1. The molecule has 0 spiro atoms. The van der Waals surface area contributed by atoms with Crippen molar-refractivity contribution in [2.75, 3.05) is 5.32 Å². The van der Waals surface area contributed by atoms with E-state index in [1.165, 1.54) is 12.2 Å². The largest absolute Gasteiger partial charge is 0.424 e. The highest BCUT2D eigenvalue weighted by Crippen LogP contribution is 2.31. The molecular formula is C23H30Cl3N3O2. The van der Waals surface area contributed by atoms with E-state index in [2.05, 4.69) is 22.2 Å². The van der Waals surface area contributed by atoms with Gasteiger partial charge in [-0.2, -0.15) is 4.98 Å². The van der Waals surface area contributed by atoms with Crippen LogP contribution in [-0.4, -0.2) is 20.8 Å². The van der Waals surface area contributed by atoms with Gasteiger partial charge in [0.25, 0.3) is 6.01 Å². The summed E-state index contributed by atoms with van der Waals surface area (Å²) in [5.41, 5.74) is 1.43. The molecule has 5 nitrogen and oxygen atoms in total. The van der Waals surface area contributed by atoms with Crippen LogP contribution in [0, 0.1) is 0 Å². The van der Waals surface area contributed by atoms with Crippen molar-refractivity contribution in [3.63, 3.8) is 0 Å². The van der Waals surface area contributed by atoms with Gasteiger partial charge in [-0.3, -0.25) is 4.79 Å². The summed E-state index contributed by atoms with van der Waals surface area (Å²) in [4.78, 5) is 16.4. The van der Waals surface area contributed by atoms with Gasteiger partial charge in [0.2, 0.25) is 9.70 Å². The molecule has 0 saturated carbocycles. The second-order valence-electron chi connectivity index (χ2n) is 5.34. The average molecular weight is 487 g/mol. The lowest BCUT2D eigenvalue weighted by Crippen LogP contribution is -2.48. The fourth-order valence-corrected chi connectivity index (χ4v) is 2.41. The van der Waals surface area contributed by atoms with Crippen LogP contribution < -0.4 is 10.6 Å². The van der Waals surface area contributed by atoms with Gasteiger partial charge in [-0.15, -0.1) is 0 Å². The van der Waals surface area contributed by atoms with E-state index < -0.39 is 15.9 Å². The van der Waals surface area contributed by atoms with Crippen molar-refractivity contribution in [3.8, 4) is 0 Å². The third-order valence-electron chi connectivity index (χ3n) is 3.30. The normalized spacial score (nSPS) is 11.7. The average Bonchev–Trinajstić information content (AvgIpc) is 3.16. The Morgan fingerprint density at radius 3 is 2.26 bits per heavy atom. The summed E-state index contributed by atoms with van der Waals surface area (Å²) in [5.74, 6) is 0.000762. The maximum absolute atomic E-state index is 12.2. The topological polar surface area (TPSA) is 67.2 Å². The van der Waals surface area contributed by atoms with Crippen LogP contribution in [0.3, 0.4) is 0 Å². The molecule has 0 bridgehead atoms. The first-order chi connectivity index (χ1) is 14.8. The van der Waals surface area contributed by atoms with E-state index in [-0.39, 0.29) is 6.01 Å². The van der Waals surface area contributed by atoms with Crippen LogP contribution in [0.5, 0.6) is 0 Å². The molecule has 1 aromatic carbocycles. The van der Waals surface area contributed by atoms with Crippen molar-refractivity contribution >= 4 is 65.0 Å². The third-order valence-corrected chi connectivity index (χ3v) is 3.95. The van der Waals surface area contributed by atoms with Gasteiger partial charge in [0.05, 0.1) is 0 Å². The summed E-state index contributed by atoms with van der Waals surface area (Å²) in [6.07, 6.45) is 6.98. The van der Waals surface area contributed by atoms with Gasteiger partial charge in [-0.1, -0.05) is 105 Å². The Kier molecular flexibility index (Phi) is 14.5. The summed E-state index contributed by atoms with van der Waals surface area (Å²) < 4.78 is 3.67. The zero-order valence-corrected chi connectivity index (χ0v) is 20.7. The highest BCUT2D eigenvalue weighted by atomic mass is 35.6. The van der Waals surface area contributed by atoms with Crippen LogP contribution in [0.2, 0.25) is 0 Å². The minimum atomic E-state index is -1.85. The zero-order valence-electron chi connectivity index (χ0n) is 18.5. The van der Waals surface area contributed by atoms with E-state index in [4.69, 9.17) is 39.2 Å². The number of oxazole rings is 1. The lowest BCUT2D eigenvalue weighted by molar-refractivity contribution is -0.116. The van der Waals surface area contributed by atoms with Crippen molar-refractivity contribution in [1.29, 1.82) is 0 Å². The molecule has 2 aromatic rings. The van der Waals surface area contributed by atoms with E-state index in [9.17, 15) is 4.79 Å². The fourth-order valence-electron chi connectivity index (χ4n) is 2.08. The van der Waals surface area contributed by atoms with Crippen molar-refractivity contribution in [2.45, 2.75) is 44.6 Å². The maximum atomic E-state index is 12.2. The minimum absolute atomic E-state index is 0.0849. The number of halogens is 3. The number of benzene rings is 1. The molecule has 2 N–H and O–H groups in total. The van der Waals surface area contributed by atoms with Crippen molar-refractivity contribution in [1.82, 2.24) is 10.3 Å². The quantitative estimate of drug-likeness (QED) is 0.244. The third kappa shape index (κ3) is 10.6. The first-order valence-corrected chi connectivity index (χ1v) is 11.1. The van der Waals surface area contributed by atoms with E-state index in [1.807, 2.05) is 65.0 Å². The zero-order chi connectivity index (χ0) is 23.9. The number of anilines is 1. The van der Waals surface area contributed by atoms with Crippen molar-refractivity contribution in [2.24, 2.45) is 0 Å². The molecule has 1 heterocycles. The minimum Gasteiger partial charge on any atom is -0.424 e. The van der Waals surface area contributed by atoms with Crippen LogP contribution in [0.4, 0.5) is 6.01 Å². The molecule has 0 radical (unpaired) electrons. The van der Waals surface area contributed by atoms with Crippen LogP contribution in [0.1, 0.15) is 51.6 Å². The van der Waals surface area contributed by atoms with Crippen LogP contribution >= 0.6 is 34.8 Å². The number of nitrogens with one attached hydrogen (secondary N) is 2. The smallest absolute Gasteiger partial charge is 0.297 e. The van der Waals surface area contributed by atoms with Crippen LogP contribution in [0.25, 0.3) is 18.2 Å². The number of hydrogen-bond acceptors (Lipinski definition) is 4. The molecular weight excluding hydrogens is 457 g/mol. The number of nitrogens with zero attached hydrogens (tertiary/aromatic N) is 1. The van der Waals surface area contributed by atoms with Crippen LogP contribution in [-0.2, 0) is 4.79 Å². The van der Waals surface area contributed by atoms with E-state index in [0.29, 0.717) is 11.5 Å². The lowest BCUT2D eigenvalue weighted by Gasteiger charge is -2.25. The Bertz CT molecular complexity index is 841. The second kappa shape index (κ2) is 15.6. The van der Waals surface area contributed by atoms with E-state index >= 15 is 0 Å². The Morgan fingerprint density at radius 1 is 1.13 bits per heavy atom. The van der Waals surface area contributed by atoms with Crippen molar-refractivity contribution < 1.29 is 9.21 Å². The highest BCUT2D eigenvalue weighted by Gasteiger charge is 2.35. The van der Waals surface area contributed by atoms with E-state index in [1.54, 1.807) is 18.2 Å². The summed E-state index contributed by atoms with van der Waals surface area (Å²) in [5, 5.41) is 5.36. The number of hydrogen-bond donors (Lipinski definition) is 2. The molecule has 0 saturated heterocycles. The second-order valence-corrected chi connectivity index (χ2v) is 7.71. The van der Waals surface area contributed by atoms with Gasteiger partial charge in [0.15, 0.2) is 11.9 Å². The first-order valence-electron chi connectivity index (χ1n) is 9.96. The SMILES string of the molecule is C=Cc1oc(NC(NC(=O)/C=C/c2ccccc2)C(Cl)(Cl)Cl)nc1/C=C\C.CC.CC. The van der Waals surface area contributed by atoms with Gasteiger partial charge < -0.3 is 15.1 Å². The van der Waals surface area contributed by atoms with Gasteiger partial charge in [0, 0.05) is 6.08 Å². The molecule has 2 rings (SSSR count). The van der Waals surface area contributed by atoms with Gasteiger partial charge >= 0.3 is 0 Å². The van der Waals surface area contributed by atoms with E-state index in [0.717, 1.165) is 5.56 Å².